The van der Waals surface area contributed by atoms with Crippen molar-refractivity contribution in [3.63, 3.8) is 0 Å². The van der Waals surface area contributed by atoms with E-state index in [1.165, 1.54) is 11.1 Å². The Morgan fingerprint density at radius 2 is 1.13 bits per heavy atom. The van der Waals surface area contributed by atoms with Crippen LogP contribution in [0.3, 0.4) is 0 Å². The van der Waals surface area contributed by atoms with Gasteiger partial charge in [0.25, 0.3) is 0 Å². The second-order valence-electron chi connectivity index (χ2n) is 9.93. The molecule has 0 saturated heterocycles. The lowest BCUT2D eigenvalue weighted by atomic mass is 9.86. The molecule has 3 rings (SSSR count). The quantitative estimate of drug-likeness (QED) is 0.449. The van der Waals surface area contributed by atoms with Crippen LogP contribution in [0, 0.1) is 11.3 Å². The summed E-state index contributed by atoms with van der Waals surface area (Å²) in [5.41, 5.74) is 7.17. The van der Waals surface area contributed by atoms with E-state index < -0.39 is 0 Å². The summed E-state index contributed by atoms with van der Waals surface area (Å²) < 4.78 is 0. The van der Waals surface area contributed by atoms with Gasteiger partial charge in [-0.15, -0.1) is 0 Å². The Morgan fingerprint density at radius 1 is 0.667 bits per heavy atom. The SMILES string of the molecule is CC(C)(C)c1ccc(N(c2ccc(C(C)(C)C)cc2)c2cccc(CC#N)c2)cc1. The highest BCUT2D eigenvalue weighted by molar-refractivity contribution is 5.77. The van der Waals surface area contributed by atoms with E-state index in [1.807, 2.05) is 12.1 Å². The molecular formula is C28H32N2. The summed E-state index contributed by atoms with van der Waals surface area (Å²) in [5.74, 6) is 0. The number of nitriles is 1. The smallest absolute Gasteiger partial charge is 0.0669 e. The van der Waals surface area contributed by atoms with Gasteiger partial charge in [-0.2, -0.15) is 5.26 Å². The van der Waals surface area contributed by atoms with Crippen LogP contribution in [0.25, 0.3) is 0 Å². The van der Waals surface area contributed by atoms with Gasteiger partial charge in [-0.05, 0) is 63.9 Å². The maximum atomic E-state index is 9.13. The Balaban J connectivity index is 2.10. The van der Waals surface area contributed by atoms with Crippen LogP contribution in [-0.2, 0) is 17.3 Å². The van der Waals surface area contributed by atoms with E-state index in [4.69, 9.17) is 5.26 Å². The standard InChI is InChI=1S/C28H32N2/c1-27(2,3)22-10-14-24(15-11-22)30(26-9-7-8-21(20-26)18-19-29)25-16-12-23(13-17-25)28(4,5)6/h7-17,20H,18H2,1-6H3. The molecule has 3 aromatic rings. The number of nitrogens with zero attached hydrogens (tertiary/aromatic N) is 2. The molecule has 0 aliphatic rings. The molecule has 0 unspecified atom stereocenters. The van der Waals surface area contributed by atoms with Crippen LogP contribution in [-0.4, -0.2) is 0 Å². The fraction of sp³-hybridized carbons (Fsp3) is 0.321. The van der Waals surface area contributed by atoms with Crippen molar-refractivity contribution in [1.82, 2.24) is 0 Å². The van der Waals surface area contributed by atoms with Crippen molar-refractivity contribution in [3.05, 3.63) is 89.5 Å². The van der Waals surface area contributed by atoms with Gasteiger partial charge in [0, 0.05) is 17.1 Å². The molecule has 154 valence electrons. The summed E-state index contributed by atoms with van der Waals surface area (Å²) >= 11 is 0. The van der Waals surface area contributed by atoms with E-state index in [-0.39, 0.29) is 10.8 Å². The largest absolute Gasteiger partial charge is 0.310 e. The Labute approximate surface area is 181 Å². The van der Waals surface area contributed by atoms with Crippen molar-refractivity contribution in [2.75, 3.05) is 4.90 Å². The number of hydrogen-bond acceptors (Lipinski definition) is 2. The summed E-state index contributed by atoms with van der Waals surface area (Å²) in [4.78, 5) is 2.26. The van der Waals surface area contributed by atoms with Gasteiger partial charge in [-0.1, -0.05) is 77.9 Å². The van der Waals surface area contributed by atoms with Crippen molar-refractivity contribution < 1.29 is 0 Å². The molecule has 0 spiro atoms. The monoisotopic (exact) mass is 396 g/mol. The van der Waals surface area contributed by atoms with Crippen molar-refractivity contribution in [1.29, 1.82) is 5.26 Å². The molecule has 0 heterocycles. The Kier molecular flexibility index (Phi) is 6.04. The van der Waals surface area contributed by atoms with E-state index in [2.05, 4.69) is 113 Å². The van der Waals surface area contributed by atoms with Gasteiger partial charge in [0.05, 0.1) is 12.5 Å². The third kappa shape index (κ3) is 4.92. The molecule has 0 amide bonds. The predicted molar refractivity (Wildman–Crippen MR) is 128 cm³/mol. The number of benzene rings is 3. The first-order valence-corrected chi connectivity index (χ1v) is 10.6. The molecule has 0 aliphatic heterocycles. The first-order chi connectivity index (χ1) is 14.1. The normalized spacial score (nSPS) is 11.8. The van der Waals surface area contributed by atoms with Gasteiger partial charge in [0.1, 0.15) is 0 Å². The molecule has 0 radical (unpaired) electrons. The topological polar surface area (TPSA) is 27.0 Å². The molecule has 30 heavy (non-hydrogen) atoms. The van der Waals surface area contributed by atoms with Crippen LogP contribution < -0.4 is 4.90 Å². The van der Waals surface area contributed by atoms with E-state index in [0.717, 1.165) is 22.6 Å². The van der Waals surface area contributed by atoms with Crippen LogP contribution in [0.15, 0.2) is 72.8 Å². The zero-order valence-electron chi connectivity index (χ0n) is 19.0. The molecule has 3 aromatic carbocycles. The summed E-state index contributed by atoms with van der Waals surface area (Å²) in [5, 5.41) is 9.13. The molecule has 0 saturated carbocycles. The average Bonchev–Trinajstić information content (AvgIpc) is 2.68. The summed E-state index contributed by atoms with van der Waals surface area (Å²) in [6, 6.07) is 28.1. The van der Waals surface area contributed by atoms with Gasteiger partial charge in [-0.25, -0.2) is 0 Å². The Morgan fingerprint density at radius 3 is 1.53 bits per heavy atom. The van der Waals surface area contributed by atoms with Gasteiger partial charge >= 0.3 is 0 Å². The fourth-order valence-electron chi connectivity index (χ4n) is 3.57. The molecule has 2 nitrogen and oxygen atoms in total. The van der Waals surface area contributed by atoms with Crippen LogP contribution in [0.2, 0.25) is 0 Å². The van der Waals surface area contributed by atoms with E-state index in [0.29, 0.717) is 6.42 Å². The zero-order valence-corrected chi connectivity index (χ0v) is 19.0. The zero-order chi connectivity index (χ0) is 21.9. The number of anilines is 3. The Bertz CT molecular complexity index is 967. The minimum atomic E-state index is 0.116. The molecule has 0 N–H and O–H groups in total. The molecule has 0 aliphatic carbocycles. The summed E-state index contributed by atoms with van der Waals surface area (Å²) in [6.45, 7) is 13.4. The molecule has 0 aromatic heterocycles. The summed E-state index contributed by atoms with van der Waals surface area (Å²) in [7, 11) is 0. The van der Waals surface area contributed by atoms with Gasteiger partial charge < -0.3 is 4.90 Å². The highest BCUT2D eigenvalue weighted by Crippen LogP contribution is 2.37. The van der Waals surface area contributed by atoms with Crippen LogP contribution in [0.1, 0.15) is 58.2 Å². The number of hydrogen-bond donors (Lipinski definition) is 0. The minimum Gasteiger partial charge on any atom is -0.310 e. The maximum Gasteiger partial charge on any atom is 0.0669 e. The first kappa shape index (κ1) is 21.7. The molecule has 2 heteroatoms. The lowest BCUT2D eigenvalue weighted by Gasteiger charge is -2.28. The highest BCUT2D eigenvalue weighted by atomic mass is 15.1. The van der Waals surface area contributed by atoms with Crippen LogP contribution in [0.5, 0.6) is 0 Å². The van der Waals surface area contributed by atoms with Crippen molar-refractivity contribution in [2.24, 2.45) is 0 Å². The second-order valence-corrected chi connectivity index (χ2v) is 9.93. The second kappa shape index (κ2) is 8.36. The average molecular weight is 397 g/mol. The fourth-order valence-corrected chi connectivity index (χ4v) is 3.57. The van der Waals surface area contributed by atoms with Crippen LogP contribution >= 0.6 is 0 Å². The maximum absolute atomic E-state index is 9.13. The molecule has 0 atom stereocenters. The van der Waals surface area contributed by atoms with Crippen molar-refractivity contribution in [3.8, 4) is 6.07 Å². The third-order valence-electron chi connectivity index (χ3n) is 5.44. The van der Waals surface area contributed by atoms with Gasteiger partial charge in [0.2, 0.25) is 0 Å². The van der Waals surface area contributed by atoms with Crippen LogP contribution in [0.4, 0.5) is 17.1 Å². The summed E-state index contributed by atoms with van der Waals surface area (Å²) in [6.07, 6.45) is 0.410. The van der Waals surface area contributed by atoms with Crippen molar-refractivity contribution >= 4 is 17.1 Å². The molecule has 0 fully saturated rings. The van der Waals surface area contributed by atoms with E-state index in [9.17, 15) is 0 Å². The van der Waals surface area contributed by atoms with E-state index in [1.54, 1.807) is 0 Å². The van der Waals surface area contributed by atoms with E-state index >= 15 is 0 Å². The Hall–Kier alpha value is -3.05. The highest BCUT2D eigenvalue weighted by Gasteiger charge is 2.18. The van der Waals surface area contributed by atoms with Gasteiger partial charge in [0.15, 0.2) is 0 Å². The lowest BCUT2D eigenvalue weighted by molar-refractivity contribution is 0.590. The minimum absolute atomic E-state index is 0.116. The lowest BCUT2D eigenvalue weighted by Crippen LogP contribution is -2.14. The first-order valence-electron chi connectivity index (χ1n) is 10.6. The van der Waals surface area contributed by atoms with Gasteiger partial charge in [-0.3, -0.25) is 0 Å². The molecular weight excluding hydrogens is 364 g/mol. The predicted octanol–water partition coefficient (Wildman–Crippen LogP) is 7.82. The third-order valence-corrected chi connectivity index (χ3v) is 5.44. The molecule has 0 bridgehead atoms. The number of rotatable bonds is 4. The van der Waals surface area contributed by atoms with Crippen molar-refractivity contribution in [2.45, 2.75) is 58.8 Å².